The van der Waals surface area contributed by atoms with Gasteiger partial charge in [-0.1, -0.05) is 6.07 Å². The molecule has 0 aliphatic carbocycles. The summed E-state index contributed by atoms with van der Waals surface area (Å²) in [4.78, 5) is 15.8. The van der Waals surface area contributed by atoms with Gasteiger partial charge in [-0.25, -0.2) is 13.2 Å². The van der Waals surface area contributed by atoms with Crippen LogP contribution < -0.4 is 4.74 Å². The predicted molar refractivity (Wildman–Crippen MR) is 80.7 cm³/mol. The number of carbonyl (C=O) groups excluding carboxylic acids is 1. The van der Waals surface area contributed by atoms with E-state index in [0.29, 0.717) is 11.1 Å². The van der Waals surface area contributed by atoms with E-state index in [0.717, 1.165) is 6.26 Å². The maximum Gasteiger partial charge on any atom is 0.341 e. The monoisotopic (exact) mass is 321 g/mol. The zero-order valence-corrected chi connectivity index (χ0v) is 13.2. The topological polar surface area (TPSA) is 82.6 Å². The van der Waals surface area contributed by atoms with Crippen LogP contribution in [0.25, 0.3) is 11.1 Å². The average molecular weight is 321 g/mol. The van der Waals surface area contributed by atoms with Crippen LogP contribution in [0, 0.1) is 0 Å². The molecule has 0 bridgehead atoms. The van der Waals surface area contributed by atoms with Crippen LogP contribution in [0.3, 0.4) is 0 Å². The molecule has 0 unspecified atom stereocenters. The first-order valence-corrected chi connectivity index (χ1v) is 8.18. The van der Waals surface area contributed by atoms with Crippen LogP contribution >= 0.6 is 0 Å². The molecule has 0 N–H and O–H groups in total. The summed E-state index contributed by atoms with van der Waals surface area (Å²) < 4.78 is 34.0. The van der Waals surface area contributed by atoms with Gasteiger partial charge in [-0.3, -0.25) is 4.98 Å². The molecule has 2 aromatic rings. The molecule has 0 atom stereocenters. The van der Waals surface area contributed by atoms with Gasteiger partial charge in [-0.15, -0.1) is 0 Å². The van der Waals surface area contributed by atoms with Crippen LogP contribution in [-0.2, 0) is 14.6 Å². The smallest absolute Gasteiger partial charge is 0.341 e. The summed E-state index contributed by atoms with van der Waals surface area (Å²) in [6.45, 7) is 0. The highest BCUT2D eigenvalue weighted by Gasteiger charge is 2.22. The highest BCUT2D eigenvalue weighted by molar-refractivity contribution is 7.90. The van der Waals surface area contributed by atoms with Crippen molar-refractivity contribution in [3.63, 3.8) is 0 Å². The molecule has 1 aromatic carbocycles. The Balaban J connectivity index is 2.81. The van der Waals surface area contributed by atoms with Gasteiger partial charge in [0.15, 0.2) is 9.84 Å². The van der Waals surface area contributed by atoms with E-state index >= 15 is 0 Å². The Labute approximate surface area is 128 Å². The second-order valence-corrected chi connectivity index (χ2v) is 6.54. The van der Waals surface area contributed by atoms with Gasteiger partial charge >= 0.3 is 5.97 Å². The van der Waals surface area contributed by atoms with Crippen LogP contribution in [0.15, 0.2) is 41.6 Å². The van der Waals surface area contributed by atoms with Gasteiger partial charge in [0.25, 0.3) is 0 Å². The molecule has 22 heavy (non-hydrogen) atoms. The van der Waals surface area contributed by atoms with Crippen molar-refractivity contribution in [1.82, 2.24) is 4.98 Å². The van der Waals surface area contributed by atoms with E-state index in [1.54, 1.807) is 24.5 Å². The molecular formula is C15H15NO5S. The van der Waals surface area contributed by atoms with Crippen LogP contribution in [-0.4, -0.2) is 39.8 Å². The third-order valence-electron chi connectivity index (χ3n) is 3.08. The minimum absolute atomic E-state index is 0.0155. The Hall–Kier alpha value is -2.41. The molecular weight excluding hydrogens is 306 g/mol. The highest BCUT2D eigenvalue weighted by atomic mass is 32.2. The van der Waals surface area contributed by atoms with E-state index in [-0.39, 0.29) is 16.2 Å². The van der Waals surface area contributed by atoms with Gasteiger partial charge in [0.2, 0.25) is 0 Å². The standard InChI is InChI=1S/C15H15NO5S/c1-20-13-7-11(10-5-4-6-16-9-10)14(22(3,18)19)8-12(13)15(17)21-2/h4-9H,1-3H3. The van der Waals surface area contributed by atoms with Crippen molar-refractivity contribution in [2.45, 2.75) is 4.90 Å². The number of ether oxygens (including phenoxy) is 2. The number of benzene rings is 1. The van der Waals surface area contributed by atoms with Gasteiger partial charge in [0, 0.05) is 29.8 Å². The van der Waals surface area contributed by atoms with E-state index in [9.17, 15) is 13.2 Å². The number of sulfone groups is 1. The normalized spacial score (nSPS) is 11.0. The number of nitrogens with zero attached hydrogens (tertiary/aromatic N) is 1. The maximum absolute atomic E-state index is 12.1. The molecule has 0 aliphatic rings. The number of carbonyl (C=O) groups is 1. The Kier molecular flexibility index (Phi) is 4.46. The minimum Gasteiger partial charge on any atom is -0.496 e. The average Bonchev–Trinajstić information content (AvgIpc) is 2.52. The summed E-state index contributed by atoms with van der Waals surface area (Å²) in [5, 5.41) is 0. The van der Waals surface area contributed by atoms with E-state index in [4.69, 9.17) is 4.74 Å². The molecule has 1 heterocycles. The van der Waals surface area contributed by atoms with Crippen molar-refractivity contribution < 1.29 is 22.7 Å². The van der Waals surface area contributed by atoms with Crippen LogP contribution in [0.1, 0.15) is 10.4 Å². The van der Waals surface area contributed by atoms with Crippen LogP contribution in [0.5, 0.6) is 5.75 Å². The Morgan fingerprint density at radius 2 is 1.95 bits per heavy atom. The lowest BCUT2D eigenvalue weighted by molar-refractivity contribution is 0.0597. The Morgan fingerprint density at radius 1 is 1.23 bits per heavy atom. The molecule has 0 aliphatic heterocycles. The number of hydrogen-bond donors (Lipinski definition) is 0. The van der Waals surface area contributed by atoms with Crippen LogP contribution in [0.4, 0.5) is 0 Å². The van der Waals surface area contributed by atoms with Crippen molar-refractivity contribution in [3.05, 3.63) is 42.2 Å². The van der Waals surface area contributed by atoms with Gasteiger partial charge in [0.05, 0.1) is 19.1 Å². The molecule has 0 fully saturated rings. The molecule has 0 spiro atoms. The van der Waals surface area contributed by atoms with Crippen LogP contribution in [0.2, 0.25) is 0 Å². The maximum atomic E-state index is 12.1. The van der Waals surface area contributed by atoms with Gasteiger partial charge in [-0.2, -0.15) is 0 Å². The summed E-state index contributed by atoms with van der Waals surface area (Å²) >= 11 is 0. The number of esters is 1. The highest BCUT2D eigenvalue weighted by Crippen LogP contribution is 2.34. The van der Waals surface area contributed by atoms with E-state index in [1.807, 2.05) is 0 Å². The van der Waals surface area contributed by atoms with Crippen molar-refractivity contribution in [2.24, 2.45) is 0 Å². The number of aromatic nitrogens is 1. The number of rotatable bonds is 4. The summed E-state index contributed by atoms with van der Waals surface area (Å²) in [5.74, 6) is -0.433. The molecule has 2 rings (SSSR count). The fourth-order valence-electron chi connectivity index (χ4n) is 2.05. The van der Waals surface area contributed by atoms with Crippen molar-refractivity contribution >= 4 is 15.8 Å². The fourth-order valence-corrected chi connectivity index (χ4v) is 2.96. The second kappa shape index (κ2) is 6.15. The quantitative estimate of drug-likeness (QED) is 0.800. The van der Waals surface area contributed by atoms with Crippen molar-refractivity contribution in [2.75, 3.05) is 20.5 Å². The van der Waals surface area contributed by atoms with Gasteiger partial charge < -0.3 is 9.47 Å². The zero-order valence-electron chi connectivity index (χ0n) is 12.4. The number of hydrogen-bond acceptors (Lipinski definition) is 6. The first-order valence-electron chi connectivity index (χ1n) is 6.29. The zero-order chi connectivity index (χ0) is 16.3. The van der Waals surface area contributed by atoms with E-state index in [1.165, 1.54) is 26.4 Å². The summed E-state index contributed by atoms with van der Waals surface area (Å²) in [6, 6.07) is 6.19. The van der Waals surface area contributed by atoms with E-state index < -0.39 is 15.8 Å². The Bertz CT molecular complexity index is 800. The molecule has 0 amide bonds. The lowest BCUT2D eigenvalue weighted by Crippen LogP contribution is -2.08. The second-order valence-electron chi connectivity index (χ2n) is 4.55. The van der Waals surface area contributed by atoms with Crippen molar-refractivity contribution in [3.8, 4) is 16.9 Å². The number of pyridine rings is 1. The predicted octanol–water partition coefficient (Wildman–Crippen LogP) is 1.95. The Morgan fingerprint density at radius 3 is 2.45 bits per heavy atom. The van der Waals surface area contributed by atoms with Crippen molar-refractivity contribution in [1.29, 1.82) is 0 Å². The minimum atomic E-state index is -3.56. The van der Waals surface area contributed by atoms with Gasteiger partial charge in [-0.05, 0) is 18.2 Å². The molecule has 0 saturated carbocycles. The summed E-state index contributed by atoms with van der Waals surface area (Å²) in [7, 11) is -0.945. The first kappa shape index (κ1) is 16.0. The third-order valence-corrected chi connectivity index (χ3v) is 4.22. The first-order chi connectivity index (χ1) is 10.4. The largest absolute Gasteiger partial charge is 0.496 e. The molecule has 0 saturated heterocycles. The molecule has 116 valence electrons. The fraction of sp³-hybridized carbons (Fsp3) is 0.200. The SMILES string of the molecule is COC(=O)c1cc(S(C)(=O)=O)c(-c2cccnc2)cc1OC. The lowest BCUT2D eigenvalue weighted by Gasteiger charge is -2.13. The molecule has 1 aromatic heterocycles. The summed E-state index contributed by atoms with van der Waals surface area (Å²) in [6.07, 6.45) is 4.21. The third kappa shape index (κ3) is 3.09. The van der Waals surface area contributed by atoms with Gasteiger partial charge in [0.1, 0.15) is 11.3 Å². The molecule has 6 nitrogen and oxygen atoms in total. The molecule has 0 radical (unpaired) electrons. The van der Waals surface area contributed by atoms with E-state index in [2.05, 4.69) is 9.72 Å². The molecule has 7 heteroatoms. The number of methoxy groups -OCH3 is 2. The lowest BCUT2D eigenvalue weighted by atomic mass is 10.0. The summed E-state index contributed by atoms with van der Waals surface area (Å²) in [5.41, 5.74) is 1.08.